The van der Waals surface area contributed by atoms with Crippen molar-refractivity contribution in [3.8, 4) is 0 Å². The van der Waals surface area contributed by atoms with Crippen molar-refractivity contribution in [2.75, 3.05) is 30.7 Å². The number of nitrogen functional groups attached to an aromatic ring is 1. The monoisotopic (exact) mass is 295 g/mol. The minimum absolute atomic E-state index is 0.0240. The molecule has 4 nitrogen and oxygen atoms in total. The van der Waals surface area contributed by atoms with Crippen LogP contribution in [-0.4, -0.2) is 30.4 Å². The normalized spacial score (nSPS) is 16.6. The van der Waals surface area contributed by atoms with Gasteiger partial charge in [0.25, 0.3) is 0 Å². The SMILES string of the molecule is Nc1cc(NC(=O)CCN2CCCCCC2)ccc1Cl. The average Bonchev–Trinajstić information content (AvgIpc) is 2.69. The summed E-state index contributed by atoms with van der Waals surface area (Å²) >= 11 is 5.85. The molecule has 1 aromatic rings. The lowest BCUT2D eigenvalue weighted by Crippen LogP contribution is -2.28. The van der Waals surface area contributed by atoms with Gasteiger partial charge in [-0.3, -0.25) is 4.79 Å². The first-order valence-corrected chi connectivity index (χ1v) is 7.60. The number of benzene rings is 1. The number of rotatable bonds is 4. The van der Waals surface area contributed by atoms with E-state index in [1.54, 1.807) is 18.2 Å². The number of nitrogens with one attached hydrogen (secondary N) is 1. The van der Waals surface area contributed by atoms with Crippen LogP contribution in [0.15, 0.2) is 18.2 Å². The molecule has 0 aliphatic carbocycles. The summed E-state index contributed by atoms with van der Waals surface area (Å²) in [6.07, 6.45) is 5.63. The second-order valence-corrected chi connectivity index (χ2v) is 5.70. The van der Waals surface area contributed by atoms with E-state index in [0.29, 0.717) is 22.8 Å². The molecule has 1 aromatic carbocycles. The summed E-state index contributed by atoms with van der Waals surface area (Å²) in [6, 6.07) is 5.15. The van der Waals surface area contributed by atoms with Gasteiger partial charge >= 0.3 is 0 Å². The van der Waals surface area contributed by atoms with Crippen molar-refractivity contribution in [3.63, 3.8) is 0 Å². The molecule has 2 rings (SSSR count). The minimum Gasteiger partial charge on any atom is -0.397 e. The molecule has 0 bridgehead atoms. The third kappa shape index (κ3) is 4.69. The number of carbonyl (C=O) groups is 1. The van der Waals surface area contributed by atoms with E-state index in [0.717, 1.165) is 19.6 Å². The molecular weight excluding hydrogens is 274 g/mol. The average molecular weight is 296 g/mol. The van der Waals surface area contributed by atoms with Crippen molar-refractivity contribution in [2.45, 2.75) is 32.1 Å². The lowest BCUT2D eigenvalue weighted by molar-refractivity contribution is -0.116. The van der Waals surface area contributed by atoms with Crippen molar-refractivity contribution in [3.05, 3.63) is 23.2 Å². The number of hydrogen-bond acceptors (Lipinski definition) is 3. The summed E-state index contributed by atoms with van der Waals surface area (Å²) < 4.78 is 0. The van der Waals surface area contributed by atoms with E-state index >= 15 is 0 Å². The van der Waals surface area contributed by atoms with Gasteiger partial charge in [-0.2, -0.15) is 0 Å². The summed E-state index contributed by atoms with van der Waals surface area (Å²) in [5, 5.41) is 3.37. The van der Waals surface area contributed by atoms with Crippen LogP contribution < -0.4 is 11.1 Å². The van der Waals surface area contributed by atoms with E-state index < -0.39 is 0 Å². The topological polar surface area (TPSA) is 58.4 Å². The van der Waals surface area contributed by atoms with Crippen molar-refractivity contribution in [1.29, 1.82) is 0 Å². The quantitative estimate of drug-likeness (QED) is 0.839. The molecule has 0 saturated carbocycles. The predicted molar refractivity (Wildman–Crippen MR) is 84.0 cm³/mol. The highest BCUT2D eigenvalue weighted by Gasteiger charge is 2.11. The first kappa shape index (κ1) is 15.1. The van der Waals surface area contributed by atoms with Crippen LogP contribution in [0.2, 0.25) is 5.02 Å². The molecule has 20 heavy (non-hydrogen) atoms. The summed E-state index contributed by atoms with van der Waals surface area (Å²) in [5.41, 5.74) is 6.90. The van der Waals surface area contributed by atoms with Gasteiger partial charge in [-0.05, 0) is 44.1 Å². The third-order valence-electron chi connectivity index (χ3n) is 3.63. The first-order valence-electron chi connectivity index (χ1n) is 7.22. The summed E-state index contributed by atoms with van der Waals surface area (Å²) in [7, 11) is 0. The van der Waals surface area contributed by atoms with Gasteiger partial charge in [-0.15, -0.1) is 0 Å². The molecule has 1 saturated heterocycles. The van der Waals surface area contributed by atoms with Gasteiger partial charge in [0, 0.05) is 18.7 Å². The maximum absolute atomic E-state index is 11.9. The Hall–Kier alpha value is -1.26. The molecule has 1 aliphatic heterocycles. The van der Waals surface area contributed by atoms with Gasteiger partial charge in [0.1, 0.15) is 0 Å². The van der Waals surface area contributed by atoms with Gasteiger partial charge in [0.05, 0.1) is 10.7 Å². The third-order valence-corrected chi connectivity index (χ3v) is 3.98. The van der Waals surface area contributed by atoms with Crippen LogP contribution in [0.3, 0.4) is 0 Å². The highest BCUT2D eigenvalue weighted by Crippen LogP contribution is 2.22. The number of amides is 1. The largest absolute Gasteiger partial charge is 0.397 e. The van der Waals surface area contributed by atoms with E-state index in [1.807, 2.05) is 0 Å². The fourth-order valence-corrected chi connectivity index (χ4v) is 2.58. The minimum atomic E-state index is 0.0240. The number of hydrogen-bond donors (Lipinski definition) is 2. The van der Waals surface area contributed by atoms with E-state index in [1.165, 1.54) is 25.7 Å². The van der Waals surface area contributed by atoms with Crippen molar-refractivity contribution >= 4 is 28.9 Å². The van der Waals surface area contributed by atoms with Gasteiger partial charge in [0.15, 0.2) is 0 Å². The van der Waals surface area contributed by atoms with Crippen LogP contribution in [0.5, 0.6) is 0 Å². The number of halogens is 1. The smallest absolute Gasteiger partial charge is 0.225 e. The molecule has 1 heterocycles. The Balaban J connectivity index is 1.78. The first-order chi connectivity index (χ1) is 9.65. The van der Waals surface area contributed by atoms with Crippen LogP contribution in [0.25, 0.3) is 0 Å². The Morgan fingerprint density at radius 2 is 1.95 bits per heavy atom. The van der Waals surface area contributed by atoms with Gasteiger partial charge in [0.2, 0.25) is 5.91 Å². The standard InChI is InChI=1S/C15H22ClN3O/c16-13-6-5-12(11-14(13)17)18-15(20)7-10-19-8-3-1-2-4-9-19/h5-6,11H,1-4,7-10,17H2,(H,18,20). The maximum Gasteiger partial charge on any atom is 0.225 e. The van der Waals surface area contributed by atoms with Crippen LogP contribution in [0, 0.1) is 0 Å². The number of likely N-dealkylation sites (tertiary alicyclic amines) is 1. The Morgan fingerprint density at radius 1 is 1.25 bits per heavy atom. The molecule has 0 aromatic heterocycles. The molecule has 0 radical (unpaired) electrons. The Morgan fingerprint density at radius 3 is 2.60 bits per heavy atom. The zero-order valence-electron chi connectivity index (χ0n) is 11.7. The Bertz CT molecular complexity index is 456. The zero-order chi connectivity index (χ0) is 14.4. The molecule has 110 valence electrons. The fraction of sp³-hybridized carbons (Fsp3) is 0.533. The maximum atomic E-state index is 11.9. The van der Waals surface area contributed by atoms with Crippen molar-refractivity contribution in [2.24, 2.45) is 0 Å². The lowest BCUT2D eigenvalue weighted by Gasteiger charge is -2.19. The summed E-state index contributed by atoms with van der Waals surface area (Å²) in [5.74, 6) is 0.0240. The highest BCUT2D eigenvalue weighted by molar-refractivity contribution is 6.33. The zero-order valence-corrected chi connectivity index (χ0v) is 12.5. The van der Waals surface area contributed by atoms with Gasteiger partial charge < -0.3 is 16.0 Å². The number of nitrogens with two attached hydrogens (primary N) is 1. The Kier molecular flexibility index (Phi) is 5.68. The molecule has 3 N–H and O–H groups in total. The van der Waals surface area contributed by atoms with Crippen LogP contribution >= 0.6 is 11.6 Å². The highest BCUT2D eigenvalue weighted by atomic mass is 35.5. The van der Waals surface area contributed by atoms with Crippen LogP contribution in [0.4, 0.5) is 11.4 Å². The number of nitrogens with zero attached hydrogens (tertiary/aromatic N) is 1. The van der Waals surface area contributed by atoms with E-state index in [9.17, 15) is 4.79 Å². The van der Waals surface area contributed by atoms with Crippen molar-refractivity contribution < 1.29 is 4.79 Å². The summed E-state index contributed by atoms with van der Waals surface area (Å²) in [4.78, 5) is 14.3. The molecule has 5 heteroatoms. The second-order valence-electron chi connectivity index (χ2n) is 5.29. The fourth-order valence-electron chi connectivity index (χ4n) is 2.46. The van der Waals surface area contributed by atoms with E-state index in [4.69, 9.17) is 17.3 Å². The number of carbonyl (C=O) groups excluding carboxylic acids is 1. The molecule has 1 amide bonds. The Labute approximate surface area is 125 Å². The van der Waals surface area contributed by atoms with E-state index in [-0.39, 0.29) is 5.91 Å². The van der Waals surface area contributed by atoms with E-state index in [2.05, 4.69) is 10.2 Å². The predicted octanol–water partition coefficient (Wildman–Crippen LogP) is 3.13. The van der Waals surface area contributed by atoms with Crippen LogP contribution in [-0.2, 0) is 4.79 Å². The molecule has 1 aliphatic rings. The molecule has 0 unspecified atom stereocenters. The van der Waals surface area contributed by atoms with Crippen molar-refractivity contribution in [1.82, 2.24) is 4.90 Å². The summed E-state index contributed by atoms with van der Waals surface area (Å²) in [6.45, 7) is 3.05. The van der Waals surface area contributed by atoms with Gasteiger partial charge in [-0.1, -0.05) is 24.4 Å². The molecule has 0 spiro atoms. The molecule has 1 fully saturated rings. The molecule has 0 atom stereocenters. The number of anilines is 2. The molecular formula is C15H22ClN3O. The van der Waals surface area contributed by atoms with Crippen LogP contribution in [0.1, 0.15) is 32.1 Å². The second kappa shape index (κ2) is 7.50. The lowest BCUT2D eigenvalue weighted by atomic mass is 10.2. The van der Waals surface area contributed by atoms with Gasteiger partial charge in [-0.25, -0.2) is 0 Å².